The minimum Gasteiger partial charge on any atom is -0.497 e. The molecule has 0 aliphatic carbocycles. The van der Waals surface area contributed by atoms with E-state index in [2.05, 4.69) is 37.5 Å². The number of methoxy groups -OCH3 is 2. The first kappa shape index (κ1) is 33.7. The second-order valence-electron chi connectivity index (χ2n) is 13.7. The topological polar surface area (TPSA) is 118 Å². The van der Waals surface area contributed by atoms with Crippen LogP contribution in [0.4, 0.5) is 11.4 Å². The van der Waals surface area contributed by atoms with Gasteiger partial charge < -0.3 is 34.4 Å². The summed E-state index contributed by atoms with van der Waals surface area (Å²) in [6, 6.07) is 20.2. The Bertz CT molecular complexity index is 1700. The van der Waals surface area contributed by atoms with Crippen molar-refractivity contribution in [2.24, 2.45) is 5.92 Å². The van der Waals surface area contributed by atoms with E-state index < -0.39 is 19.8 Å². The fraction of sp³-hybridized carbons (Fsp3) is 0.432. The predicted molar refractivity (Wildman–Crippen MR) is 187 cm³/mol. The van der Waals surface area contributed by atoms with Gasteiger partial charge in [-0.3, -0.25) is 14.4 Å². The molecule has 1 spiro atoms. The Morgan fingerprint density at radius 2 is 1.67 bits per heavy atom. The minimum atomic E-state index is -2.45. The lowest BCUT2D eigenvalue weighted by molar-refractivity contribution is -0.149. The molecule has 2 fully saturated rings. The van der Waals surface area contributed by atoms with Gasteiger partial charge in [-0.25, -0.2) is 0 Å². The standard InChI is InChI=1S/C37H45N3O7Si/c1-23-34(48(5,6)29-16-14-28(46-4)15-17-29)32(21-33(42)40-19-7-8-26(40)22-41)47-37(23)30-20-25(11-18-31(30)39(2)36(37)44)38-35(43)24-9-12-27(45-3)13-10-24/h9-18,20,23,26,32,34,41H,7-8,19,21-22H2,1-6H3,(H,38,43)/t23-,26-,32+,34-,37+/m0/s1. The summed E-state index contributed by atoms with van der Waals surface area (Å²) in [5, 5.41) is 14.1. The van der Waals surface area contributed by atoms with Crippen LogP contribution in [0.5, 0.6) is 11.5 Å². The summed E-state index contributed by atoms with van der Waals surface area (Å²) >= 11 is 0. The van der Waals surface area contributed by atoms with E-state index in [1.54, 1.807) is 61.4 Å². The number of amides is 3. The molecule has 3 aliphatic heterocycles. The molecule has 0 unspecified atom stereocenters. The number of hydrogen-bond acceptors (Lipinski definition) is 7. The van der Waals surface area contributed by atoms with Crippen molar-refractivity contribution in [3.63, 3.8) is 0 Å². The number of nitrogens with zero attached hydrogens (tertiary/aromatic N) is 2. The highest BCUT2D eigenvalue weighted by Crippen LogP contribution is 2.60. The van der Waals surface area contributed by atoms with Crippen molar-refractivity contribution in [1.29, 1.82) is 0 Å². The molecule has 254 valence electrons. The van der Waals surface area contributed by atoms with Gasteiger partial charge in [0.25, 0.3) is 11.8 Å². The van der Waals surface area contributed by atoms with Crippen molar-refractivity contribution in [2.45, 2.75) is 62.6 Å². The molecule has 48 heavy (non-hydrogen) atoms. The van der Waals surface area contributed by atoms with Crippen LogP contribution in [0.3, 0.4) is 0 Å². The van der Waals surface area contributed by atoms with Crippen LogP contribution >= 0.6 is 0 Å². The van der Waals surface area contributed by atoms with Crippen LogP contribution in [0.1, 0.15) is 42.1 Å². The van der Waals surface area contributed by atoms with Crippen molar-refractivity contribution in [2.75, 3.05) is 44.6 Å². The molecule has 3 aromatic rings. The summed E-state index contributed by atoms with van der Waals surface area (Å²) in [7, 11) is 2.51. The van der Waals surface area contributed by atoms with E-state index in [-0.39, 0.29) is 48.3 Å². The number of likely N-dealkylation sites (tertiary alicyclic amines) is 1. The second kappa shape index (κ2) is 13.0. The number of likely N-dealkylation sites (N-methyl/N-ethyl adjacent to an activating group) is 1. The van der Waals surface area contributed by atoms with Gasteiger partial charge in [-0.15, -0.1) is 0 Å². The van der Waals surface area contributed by atoms with Crippen LogP contribution in [0.15, 0.2) is 66.7 Å². The van der Waals surface area contributed by atoms with Gasteiger partial charge in [-0.1, -0.05) is 37.3 Å². The molecule has 0 saturated carbocycles. The van der Waals surface area contributed by atoms with Crippen LogP contribution in [0.2, 0.25) is 18.6 Å². The largest absolute Gasteiger partial charge is 0.497 e. The SMILES string of the molecule is COc1ccc(C(=O)Nc2ccc3c(c2)[C@@]2(O[C@H](CC(=O)N4CCC[C@H]4CO)[C@@H]([Si](C)(C)c4ccc(OC)cc4)[C@@H]2C)C(=O)N3C)cc1. The van der Waals surface area contributed by atoms with Crippen LogP contribution in [-0.2, 0) is 19.9 Å². The molecule has 2 saturated heterocycles. The van der Waals surface area contributed by atoms with Gasteiger partial charge in [0.2, 0.25) is 5.91 Å². The fourth-order valence-corrected chi connectivity index (χ4v) is 12.3. The van der Waals surface area contributed by atoms with Crippen molar-refractivity contribution in [3.05, 3.63) is 77.9 Å². The number of nitrogens with one attached hydrogen (secondary N) is 1. The zero-order valence-corrected chi connectivity index (χ0v) is 29.5. The van der Waals surface area contributed by atoms with E-state index in [1.807, 2.05) is 24.3 Å². The first-order valence-electron chi connectivity index (χ1n) is 16.6. The normalized spacial score (nSPS) is 25.0. The molecule has 0 radical (unpaired) electrons. The summed E-state index contributed by atoms with van der Waals surface area (Å²) in [5.41, 5.74) is 0.939. The zero-order chi connectivity index (χ0) is 34.4. The molecule has 0 aromatic heterocycles. The first-order valence-corrected chi connectivity index (χ1v) is 19.6. The Balaban J connectivity index is 1.39. The molecule has 11 heteroatoms. The smallest absolute Gasteiger partial charge is 0.264 e. The number of carbonyl (C=O) groups excluding carboxylic acids is 3. The van der Waals surface area contributed by atoms with E-state index in [9.17, 15) is 19.5 Å². The Morgan fingerprint density at radius 1 is 1.02 bits per heavy atom. The van der Waals surface area contributed by atoms with Gasteiger partial charge >= 0.3 is 0 Å². The van der Waals surface area contributed by atoms with Crippen molar-refractivity contribution in [1.82, 2.24) is 4.90 Å². The number of aliphatic hydroxyl groups excluding tert-OH is 1. The molecule has 10 nitrogen and oxygen atoms in total. The number of anilines is 2. The molecule has 2 N–H and O–H groups in total. The molecule has 3 aromatic carbocycles. The van der Waals surface area contributed by atoms with E-state index >= 15 is 0 Å². The number of benzene rings is 3. The number of ether oxygens (including phenoxy) is 3. The maximum atomic E-state index is 14.5. The summed E-state index contributed by atoms with van der Waals surface area (Å²) < 4.78 is 17.7. The zero-order valence-electron chi connectivity index (χ0n) is 28.5. The second-order valence-corrected chi connectivity index (χ2v) is 18.4. The van der Waals surface area contributed by atoms with Gasteiger partial charge in [0.1, 0.15) is 11.5 Å². The van der Waals surface area contributed by atoms with Crippen LogP contribution in [0, 0.1) is 5.92 Å². The molecular formula is C37H45N3O7Si. The Hall–Kier alpha value is -4.19. The predicted octanol–water partition coefficient (Wildman–Crippen LogP) is 4.52. The third-order valence-corrected chi connectivity index (χ3v) is 15.2. The number of rotatable bonds is 9. The van der Waals surface area contributed by atoms with E-state index in [1.165, 1.54) is 5.19 Å². The molecule has 6 rings (SSSR count). The van der Waals surface area contributed by atoms with E-state index in [4.69, 9.17) is 14.2 Å². The van der Waals surface area contributed by atoms with Crippen molar-refractivity contribution < 1.29 is 33.7 Å². The Kier molecular flexibility index (Phi) is 9.14. The summed E-state index contributed by atoms with van der Waals surface area (Å²) in [4.78, 5) is 45.0. The lowest BCUT2D eigenvalue weighted by Crippen LogP contribution is -2.52. The van der Waals surface area contributed by atoms with Crippen molar-refractivity contribution >= 4 is 42.4 Å². The highest BCUT2D eigenvalue weighted by atomic mass is 28.3. The van der Waals surface area contributed by atoms with E-state index in [0.29, 0.717) is 34.8 Å². The molecule has 5 atom stereocenters. The van der Waals surface area contributed by atoms with Gasteiger partial charge in [0.15, 0.2) is 5.60 Å². The van der Waals surface area contributed by atoms with Crippen LogP contribution < -0.4 is 24.9 Å². The highest BCUT2D eigenvalue weighted by Gasteiger charge is 2.66. The van der Waals surface area contributed by atoms with Crippen molar-refractivity contribution in [3.8, 4) is 11.5 Å². The maximum Gasteiger partial charge on any atom is 0.264 e. The number of fused-ring (bicyclic) bond motifs is 2. The first-order chi connectivity index (χ1) is 23.0. The number of hydrogen-bond donors (Lipinski definition) is 2. The lowest BCUT2D eigenvalue weighted by atomic mass is 9.82. The van der Waals surface area contributed by atoms with Gasteiger partial charge in [-0.2, -0.15) is 0 Å². The van der Waals surface area contributed by atoms with Gasteiger partial charge in [0, 0.05) is 36.3 Å². The van der Waals surface area contributed by atoms with Crippen LogP contribution in [0.25, 0.3) is 0 Å². The lowest BCUT2D eigenvalue weighted by Gasteiger charge is -2.37. The summed E-state index contributed by atoms with van der Waals surface area (Å²) in [5.74, 6) is 0.582. The summed E-state index contributed by atoms with van der Waals surface area (Å²) in [6.45, 7) is 7.15. The number of carbonyl (C=O) groups is 3. The highest BCUT2D eigenvalue weighted by molar-refractivity contribution is 6.91. The molecule has 3 heterocycles. The molecule has 3 aliphatic rings. The monoisotopic (exact) mass is 671 g/mol. The number of aliphatic hydroxyl groups is 1. The minimum absolute atomic E-state index is 0.0649. The quantitative estimate of drug-likeness (QED) is 0.322. The van der Waals surface area contributed by atoms with Crippen LogP contribution in [-0.4, -0.2) is 82.4 Å². The Labute approximate surface area is 283 Å². The molecular weight excluding hydrogens is 627 g/mol. The molecule has 3 amide bonds. The van der Waals surface area contributed by atoms with Gasteiger partial charge in [-0.05, 0) is 73.0 Å². The van der Waals surface area contributed by atoms with E-state index in [0.717, 1.165) is 18.6 Å². The Morgan fingerprint density at radius 3 is 2.29 bits per heavy atom. The average Bonchev–Trinajstić information content (AvgIpc) is 3.75. The third kappa shape index (κ3) is 5.57. The maximum absolute atomic E-state index is 14.5. The fourth-order valence-electron chi connectivity index (χ4n) is 8.29. The average molecular weight is 672 g/mol. The molecule has 0 bridgehead atoms. The van der Waals surface area contributed by atoms with Gasteiger partial charge in [0.05, 0.1) is 53.2 Å². The third-order valence-electron chi connectivity index (χ3n) is 10.9. The summed E-state index contributed by atoms with van der Waals surface area (Å²) in [6.07, 6.45) is 1.18.